The maximum atomic E-state index is 12.3. The van der Waals surface area contributed by atoms with Gasteiger partial charge in [-0.1, -0.05) is 12.1 Å². The number of hydrogen-bond acceptors (Lipinski definition) is 20. The van der Waals surface area contributed by atoms with Crippen molar-refractivity contribution in [2.45, 2.75) is 46.4 Å². The number of aromatic nitrogens is 5. The fourth-order valence-electron chi connectivity index (χ4n) is 8.64. The monoisotopic (exact) mass is 1090 g/mol. The van der Waals surface area contributed by atoms with E-state index in [2.05, 4.69) is 82.4 Å². The Morgan fingerprint density at radius 1 is 0.545 bits per heavy atom. The minimum atomic E-state index is -4.47. The Morgan fingerprint density at radius 2 is 1.04 bits per heavy atom. The molecule has 0 fully saturated rings. The van der Waals surface area contributed by atoms with E-state index in [9.17, 15) is 23.2 Å². The molecule has 22 heteroatoms. The summed E-state index contributed by atoms with van der Waals surface area (Å²) in [7, 11) is -4.47. The average Bonchev–Trinajstić information content (AvgIpc) is 4.09. The Hall–Kier alpha value is -7.86. The van der Waals surface area contributed by atoms with Gasteiger partial charge in [0, 0.05) is 61.8 Å². The molecule has 3 heterocycles. The van der Waals surface area contributed by atoms with Crippen molar-refractivity contribution in [2.24, 2.45) is 20.5 Å². The highest BCUT2D eigenvalue weighted by Crippen LogP contribution is 2.39. The van der Waals surface area contributed by atoms with Crippen molar-refractivity contribution in [3.8, 4) is 21.1 Å². The van der Waals surface area contributed by atoms with Crippen LogP contribution in [0.15, 0.2) is 141 Å². The molecule has 0 saturated heterocycles. The maximum absolute atomic E-state index is 12.3. The lowest BCUT2D eigenvalue weighted by Crippen LogP contribution is -2.31. The second-order valence-electron chi connectivity index (χ2n) is 17.8. The molecule has 0 aliphatic heterocycles. The second-order valence-corrected chi connectivity index (χ2v) is 21.1. The van der Waals surface area contributed by atoms with Gasteiger partial charge in [-0.25, -0.2) is 9.97 Å². The van der Waals surface area contributed by atoms with Crippen molar-refractivity contribution in [3.63, 3.8) is 0 Å². The number of hydrogen-bond donors (Lipinski definition) is 5. The van der Waals surface area contributed by atoms with E-state index in [-0.39, 0.29) is 49.0 Å². The topological polar surface area (TPSA) is 242 Å². The van der Waals surface area contributed by atoms with E-state index in [1.54, 1.807) is 47.4 Å². The van der Waals surface area contributed by atoms with E-state index in [0.29, 0.717) is 54.9 Å². The SMILES string of the molecule is CCN(CC)c1ccc(/N=N/c2ccc(-c3nc4ccc(C)cc4s3)cc2)c(Nc2nc(Nc3cc(N(CC)CC)ccc3/N=N/c3ccc(-c4nc5ccc(C)c(S(=O)(=O)O)c5s4)cc3)nc(N(CCO)CCO)n2)c1. The lowest BCUT2D eigenvalue weighted by Gasteiger charge is -2.24. The van der Waals surface area contributed by atoms with Crippen LogP contribution >= 0.6 is 22.7 Å². The van der Waals surface area contributed by atoms with E-state index in [1.165, 1.54) is 16.9 Å². The third-order valence-corrected chi connectivity index (χ3v) is 16.0. The summed E-state index contributed by atoms with van der Waals surface area (Å²) in [5.41, 5.74) is 9.94. The summed E-state index contributed by atoms with van der Waals surface area (Å²) in [6.45, 7) is 14.9. The summed E-state index contributed by atoms with van der Waals surface area (Å²) in [5.74, 6) is 0.494. The zero-order valence-corrected chi connectivity index (χ0v) is 45.8. The van der Waals surface area contributed by atoms with Gasteiger partial charge in [-0.15, -0.1) is 32.9 Å². The largest absolute Gasteiger partial charge is 0.395 e. The van der Waals surface area contributed by atoms with Crippen molar-refractivity contribution in [1.29, 1.82) is 0 Å². The molecule has 0 unspecified atom stereocenters. The van der Waals surface area contributed by atoms with Crippen LogP contribution in [0.2, 0.25) is 0 Å². The molecule has 19 nitrogen and oxygen atoms in total. The number of rotatable bonds is 22. The van der Waals surface area contributed by atoms with Gasteiger partial charge < -0.3 is 35.5 Å². The Bertz CT molecular complexity index is 3710. The van der Waals surface area contributed by atoms with E-state index < -0.39 is 10.1 Å². The molecular weight excluding hydrogens is 1030 g/mol. The molecule has 9 aromatic rings. The molecule has 0 spiro atoms. The first-order valence-electron chi connectivity index (χ1n) is 25.1. The predicted octanol–water partition coefficient (Wildman–Crippen LogP) is 13.1. The molecule has 0 amide bonds. The molecule has 0 aliphatic carbocycles. The zero-order chi connectivity index (χ0) is 54.2. The Balaban J connectivity index is 1.04. The molecule has 0 aliphatic rings. The molecule has 396 valence electrons. The number of aryl methyl sites for hydroxylation is 2. The Labute approximate surface area is 454 Å². The zero-order valence-electron chi connectivity index (χ0n) is 43.4. The molecular formula is C55H58N14O5S3. The van der Waals surface area contributed by atoms with Crippen LogP contribution in [0.3, 0.4) is 0 Å². The van der Waals surface area contributed by atoms with Crippen molar-refractivity contribution < 1.29 is 23.2 Å². The van der Waals surface area contributed by atoms with Crippen LogP contribution < -0.4 is 25.3 Å². The van der Waals surface area contributed by atoms with Gasteiger partial charge in [-0.2, -0.15) is 33.6 Å². The van der Waals surface area contributed by atoms with Crippen molar-refractivity contribution in [1.82, 2.24) is 24.9 Å². The molecule has 0 bridgehead atoms. The number of thiazole rings is 2. The standard InChI is InChI=1S/C55H58N14O5S3/c1-7-67(8-2)40-21-25-42(65-63-38-17-13-36(14-18-38)51-56-44-23-11-34(5)31-48(44)75-51)46(32-40)58-53-60-54(62-55(61-53)69(27-29-70)28-30-71)59-47-33-41(68(9-3)10-4)22-26-43(47)66-64-39-19-15-37(16-20-39)52-57-45-24-12-35(6)50(49(45)76-52)77(72,73)74/h11-26,31-33,70-71H,7-10,27-30H2,1-6H3,(H,72,73,74)(H2,58,59,60,61,62)/b65-63+,66-64+. The van der Waals surface area contributed by atoms with Gasteiger partial charge in [0.15, 0.2) is 0 Å². The van der Waals surface area contributed by atoms with Crippen LogP contribution in [0.1, 0.15) is 38.8 Å². The van der Waals surface area contributed by atoms with Gasteiger partial charge in [0.2, 0.25) is 17.8 Å². The third-order valence-electron chi connectivity index (χ3n) is 12.6. The third kappa shape index (κ3) is 12.5. The highest BCUT2D eigenvalue weighted by Gasteiger charge is 2.22. The van der Waals surface area contributed by atoms with Crippen LogP contribution in [-0.4, -0.2) is 101 Å². The van der Waals surface area contributed by atoms with Gasteiger partial charge >= 0.3 is 0 Å². The van der Waals surface area contributed by atoms with Crippen molar-refractivity contribution in [3.05, 3.63) is 126 Å². The average molecular weight is 1090 g/mol. The molecule has 0 radical (unpaired) electrons. The minimum absolute atomic E-state index is 0.137. The minimum Gasteiger partial charge on any atom is -0.395 e. The summed E-state index contributed by atoms with van der Waals surface area (Å²) in [4.78, 5) is 30.0. The lowest BCUT2D eigenvalue weighted by atomic mass is 10.2. The van der Waals surface area contributed by atoms with Gasteiger partial charge in [0.05, 0.1) is 56.4 Å². The predicted molar refractivity (Wildman–Crippen MR) is 311 cm³/mol. The maximum Gasteiger partial charge on any atom is 0.296 e. The first-order valence-corrected chi connectivity index (χ1v) is 28.2. The fourth-order valence-corrected chi connectivity index (χ4v) is 12.0. The number of fused-ring (bicyclic) bond motifs is 2. The molecule has 6 aromatic carbocycles. The van der Waals surface area contributed by atoms with Gasteiger partial charge in [-0.3, -0.25) is 4.55 Å². The molecule has 5 N–H and O–H groups in total. The van der Waals surface area contributed by atoms with Gasteiger partial charge in [-0.05, 0) is 156 Å². The lowest BCUT2D eigenvalue weighted by molar-refractivity contribution is 0.280. The number of azo groups is 2. The highest BCUT2D eigenvalue weighted by atomic mass is 32.2. The van der Waals surface area contributed by atoms with Gasteiger partial charge in [0.25, 0.3) is 10.1 Å². The molecule has 0 atom stereocenters. The van der Waals surface area contributed by atoms with Crippen LogP contribution in [0, 0.1) is 13.8 Å². The number of aliphatic hydroxyl groups excluding tert-OH is 2. The summed E-state index contributed by atoms with van der Waals surface area (Å²) >= 11 is 2.83. The van der Waals surface area contributed by atoms with Crippen LogP contribution in [-0.2, 0) is 10.1 Å². The first-order chi connectivity index (χ1) is 37.3. The fraction of sp³-hybridized carbons (Fsp3) is 0.255. The summed E-state index contributed by atoms with van der Waals surface area (Å²) in [6, 6.07) is 36.3. The molecule has 9 rings (SSSR count). The quantitative estimate of drug-likeness (QED) is 0.0313. The first kappa shape index (κ1) is 53.9. The normalized spacial score (nSPS) is 11.9. The van der Waals surface area contributed by atoms with Gasteiger partial charge in [0.1, 0.15) is 26.3 Å². The highest BCUT2D eigenvalue weighted by molar-refractivity contribution is 7.86. The van der Waals surface area contributed by atoms with E-state index in [1.807, 2.05) is 78.9 Å². The van der Waals surface area contributed by atoms with Crippen molar-refractivity contribution in [2.75, 3.05) is 77.8 Å². The van der Waals surface area contributed by atoms with Crippen LogP contribution in [0.25, 0.3) is 41.6 Å². The summed E-state index contributed by atoms with van der Waals surface area (Å²) in [5, 5.41) is 47.2. The summed E-state index contributed by atoms with van der Waals surface area (Å²) < 4.78 is 36.0. The molecule has 77 heavy (non-hydrogen) atoms. The number of nitrogens with zero attached hydrogens (tertiary/aromatic N) is 12. The number of benzene rings is 6. The number of aliphatic hydroxyl groups is 2. The molecule has 0 saturated carbocycles. The van der Waals surface area contributed by atoms with E-state index >= 15 is 0 Å². The van der Waals surface area contributed by atoms with E-state index in [0.717, 1.165) is 63.9 Å². The van der Waals surface area contributed by atoms with Crippen molar-refractivity contribution >= 4 is 117 Å². The Morgan fingerprint density at radius 3 is 1.53 bits per heavy atom. The van der Waals surface area contributed by atoms with E-state index in [4.69, 9.17) is 30.2 Å². The number of anilines is 7. The second kappa shape index (κ2) is 24.0. The number of nitrogens with one attached hydrogen (secondary N) is 2. The smallest absolute Gasteiger partial charge is 0.296 e. The molecule has 3 aromatic heterocycles. The summed E-state index contributed by atoms with van der Waals surface area (Å²) in [6.07, 6.45) is 0. The van der Waals surface area contributed by atoms with Crippen LogP contribution in [0.4, 0.5) is 63.3 Å². The Kier molecular flexibility index (Phi) is 16.8. The van der Waals surface area contributed by atoms with Crippen LogP contribution in [0.5, 0.6) is 0 Å².